The van der Waals surface area contributed by atoms with E-state index in [1.54, 1.807) is 31.2 Å². The van der Waals surface area contributed by atoms with Gasteiger partial charge < -0.3 is 9.73 Å². The number of carbonyl (C=O) groups is 4. The summed E-state index contributed by atoms with van der Waals surface area (Å²) in [7, 11) is 0. The Morgan fingerprint density at radius 1 is 0.897 bits per heavy atom. The molecule has 0 saturated heterocycles. The van der Waals surface area contributed by atoms with Gasteiger partial charge in [0.15, 0.2) is 5.76 Å². The first-order valence-electron chi connectivity index (χ1n) is 8.70. The van der Waals surface area contributed by atoms with Gasteiger partial charge in [-0.05, 0) is 48.9 Å². The fourth-order valence-corrected chi connectivity index (χ4v) is 2.95. The van der Waals surface area contributed by atoms with E-state index in [9.17, 15) is 19.2 Å². The normalized spacial score (nSPS) is 12.7. The molecule has 4 amide bonds. The number of fused-ring (bicyclic) bond motifs is 1. The molecule has 2 aromatic carbocycles. The minimum absolute atomic E-state index is 0.130. The van der Waals surface area contributed by atoms with Gasteiger partial charge in [0, 0.05) is 11.3 Å². The van der Waals surface area contributed by atoms with Gasteiger partial charge in [-0.3, -0.25) is 24.6 Å². The van der Waals surface area contributed by atoms with Crippen LogP contribution in [0, 0.1) is 6.92 Å². The molecule has 0 spiro atoms. The SMILES string of the molecule is Cc1ccc(C(=O)NN2C(=O)c3ccccc3C2=O)cc1NC(=O)c1ccco1. The second kappa shape index (κ2) is 7.08. The van der Waals surface area contributed by atoms with Crippen molar-refractivity contribution in [2.75, 3.05) is 5.32 Å². The molecule has 0 saturated carbocycles. The Morgan fingerprint density at radius 2 is 1.59 bits per heavy atom. The predicted octanol–water partition coefficient (Wildman–Crippen LogP) is 2.78. The second-order valence-electron chi connectivity index (χ2n) is 6.39. The number of nitrogens with zero attached hydrogens (tertiary/aromatic N) is 1. The highest BCUT2D eigenvalue weighted by Crippen LogP contribution is 2.22. The van der Waals surface area contributed by atoms with Crippen LogP contribution in [0.2, 0.25) is 0 Å². The Balaban J connectivity index is 1.53. The van der Waals surface area contributed by atoms with E-state index in [1.807, 2.05) is 0 Å². The lowest BCUT2D eigenvalue weighted by Crippen LogP contribution is -2.45. The molecule has 0 atom stereocenters. The van der Waals surface area contributed by atoms with Gasteiger partial charge in [0.25, 0.3) is 23.6 Å². The number of furan rings is 1. The number of nitrogens with one attached hydrogen (secondary N) is 2. The van der Waals surface area contributed by atoms with Crippen LogP contribution in [-0.2, 0) is 0 Å². The first-order valence-corrected chi connectivity index (χ1v) is 8.70. The molecule has 1 aliphatic heterocycles. The first-order chi connectivity index (χ1) is 14.0. The van der Waals surface area contributed by atoms with E-state index in [4.69, 9.17) is 4.42 Å². The molecule has 8 nitrogen and oxygen atoms in total. The summed E-state index contributed by atoms with van der Waals surface area (Å²) in [5.74, 6) is -2.19. The zero-order valence-corrected chi connectivity index (χ0v) is 15.3. The summed E-state index contributed by atoms with van der Waals surface area (Å²) >= 11 is 0. The Labute approximate surface area is 165 Å². The van der Waals surface area contributed by atoms with Crippen molar-refractivity contribution in [2.24, 2.45) is 0 Å². The number of anilines is 1. The molecule has 2 heterocycles. The maximum atomic E-state index is 12.6. The lowest BCUT2D eigenvalue weighted by Gasteiger charge is -2.16. The van der Waals surface area contributed by atoms with Gasteiger partial charge in [-0.2, -0.15) is 5.01 Å². The van der Waals surface area contributed by atoms with E-state index in [1.165, 1.54) is 36.6 Å². The summed E-state index contributed by atoms with van der Waals surface area (Å²) in [6.07, 6.45) is 1.38. The molecule has 4 rings (SSSR count). The fraction of sp³-hybridized carbons (Fsp3) is 0.0476. The topological polar surface area (TPSA) is 109 Å². The van der Waals surface area contributed by atoms with Crippen molar-refractivity contribution in [3.63, 3.8) is 0 Å². The zero-order valence-electron chi connectivity index (χ0n) is 15.3. The molecule has 8 heteroatoms. The standard InChI is InChI=1S/C21H15N3O5/c1-12-8-9-13(11-16(12)22-19(26)17-7-4-10-29-17)18(25)23-24-20(27)14-5-2-3-6-15(14)21(24)28/h2-11H,1H3,(H,22,26)(H,23,25). The van der Waals surface area contributed by atoms with Crippen LogP contribution < -0.4 is 10.7 Å². The number of benzene rings is 2. The van der Waals surface area contributed by atoms with E-state index in [0.717, 1.165) is 5.56 Å². The van der Waals surface area contributed by atoms with Crippen LogP contribution in [0.1, 0.15) is 47.2 Å². The molecule has 0 radical (unpaired) electrons. The number of hydrogen-bond acceptors (Lipinski definition) is 5. The minimum Gasteiger partial charge on any atom is -0.459 e. The van der Waals surface area contributed by atoms with Crippen LogP contribution in [0.25, 0.3) is 0 Å². The van der Waals surface area contributed by atoms with Crippen LogP contribution in [-0.4, -0.2) is 28.6 Å². The number of amides is 4. The van der Waals surface area contributed by atoms with Crippen molar-refractivity contribution < 1.29 is 23.6 Å². The summed E-state index contributed by atoms with van der Waals surface area (Å²) in [5, 5.41) is 3.36. The average Bonchev–Trinajstić information content (AvgIpc) is 3.34. The van der Waals surface area contributed by atoms with Crippen LogP contribution in [0.15, 0.2) is 65.3 Å². The third-order valence-electron chi connectivity index (χ3n) is 4.50. The summed E-state index contributed by atoms with van der Waals surface area (Å²) in [6, 6.07) is 14.1. The van der Waals surface area contributed by atoms with Gasteiger partial charge in [0.05, 0.1) is 17.4 Å². The molecule has 2 N–H and O–H groups in total. The third kappa shape index (κ3) is 3.27. The predicted molar refractivity (Wildman–Crippen MR) is 102 cm³/mol. The molecule has 0 fully saturated rings. The van der Waals surface area contributed by atoms with Crippen molar-refractivity contribution in [1.82, 2.24) is 10.4 Å². The molecule has 3 aromatic rings. The van der Waals surface area contributed by atoms with Crippen molar-refractivity contribution in [3.8, 4) is 0 Å². The highest BCUT2D eigenvalue weighted by atomic mass is 16.3. The number of aryl methyl sites for hydroxylation is 1. The molecule has 0 unspecified atom stereocenters. The summed E-state index contributed by atoms with van der Waals surface area (Å²) in [6.45, 7) is 1.77. The van der Waals surface area contributed by atoms with Crippen molar-refractivity contribution in [3.05, 3.63) is 88.9 Å². The van der Waals surface area contributed by atoms with Crippen LogP contribution in [0.3, 0.4) is 0 Å². The van der Waals surface area contributed by atoms with Gasteiger partial charge in [0.2, 0.25) is 0 Å². The summed E-state index contributed by atoms with van der Waals surface area (Å²) < 4.78 is 5.06. The first kappa shape index (κ1) is 18.2. The van der Waals surface area contributed by atoms with Gasteiger partial charge in [-0.25, -0.2) is 0 Å². The van der Waals surface area contributed by atoms with E-state index in [0.29, 0.717) is 10.7 Å². The van der Waals surface area contributed by atoms with Gasteiger partial charge in [-0.15, -0.1) is 0 Å². The van der Waals surface area contributed by atoms with Crippen molar-refractivity contribution in [1.29, 1.82) is 0 Å². The monoisotopic (exact) mass is 389 g/mol. The number of hydrazine groups is 1. The average molecular weight is 389 g/mol. The van der Waals surface area contributed by atoms with Gasteiger partial charge in [0.1, 0.15) is 0 Å². The smallest absolute Gasteiger partial charge is 0.291 e. The van der Waals surface area contributed by atoms with Gasteiger partial charge >= 0.3 is 0 Å². The zero-order chi connectivity index (χ0) is 20.5. The third-order valence-corrected chi connectivity index (χ3v) is 4.50. The van der Waals surface area contributed by atoms with E-state index < -0.39 is 23.6 Å². The maximum absolute atomic E-state index is 12.6. The number of carbonyl (C=O) groups excluding carboxylic acids is 4. The Hall–Kier alpha value is -4.20. The molecule has 0 aliphatic carbocycles. The molecule has 1 aliphatic rings. The minimum atomic E-state index is -0.659. The molecular weight excluding hydrogens is 374 g/mol. The van der Waals surface area contributed by atoms with E-state index in [-0.39, 0.29) is 22.5 Å². The van der Waals surface area contributed by atoms with E-state index in [2.05, 4.69) is 10.7 Å². The second-order valence-corrected chi connectivity index (χ2v) is 6.39. The number of hydrogen-bond donors (Lipinski definition) is 2. The highest BCUT2D eigenvalue weighted by Gasteiger charge is 2.36. The van der Waals surface area contributed by atoms with Gasteiger partial charge in [-0.1, -0.05) is 18.2 Å². The molecule has 1 aromatic heterocycles. The quantitative estimate of drug-likeness (QED) is 0.667. The Kier molecular flexibility index (Phi) is 4.44. The molecule has 29 heavy (non-hydrogen) atoms. The van der Waals surface area contributed by atoms with Crippen LogP contribution >= 0.6 is 0 Å². The number of rotatable bonds is 4. The van der Waals surface area contributed by atoms with Crippen molar-refractivity contribution in [2.45, 2.75) is 6.92 Å². The largest absolute Gasteiger partial charge is 0.459 e. The molecule has 144 valence electrons. The Bertz CT molecular complexity index is 1120. The molecule has 0 bridgehead atoms. The van der Waals surface area contributed by atoms with Crippen LogP contribution in [0.4, 0.5) is 5.69 Å². The van der Waals surface area contributed by atoms with E-state index >= 15 is 0 Å². The molecular formula is C21H15N3O5. The maximum Gasteiger partial charge on any atom is 0.291 e. The summed E-state index contributed by atoms with van der Waals surface area (Å²) in [4.78, 5) is 49.6. The van der Waals surface area contributed by atoms with Crippen LogP contribution in [0.5, 0.6) is 0 Å². The highest BCUT2D eigenvalue weighted by molar-refractivity contribution is 6.22. The number of imide groups is 1. The summed E-state index contributed by atoms with van der Waals surface area (Å²) in [5.41, 5.74) is 4.09. The Morgan fingerprint density at radius 3 is 2.21 bits per heavy atom. The lowest BCUT2D eigenvalue weighted by atomic mass is 10.1. The van der Waals surface area contributed by atoms with Crippen molar-refractivity contribution >= 4 is 29.3 Å². The lowest BCUT2D eigenvalue weighted by molar-refractivity contribution is 0.0518. The fourth-order valence-electron chi connectivity index (χ4n) is 2.95.